The third-order valence-electron chi connectivity index (χ3n) is 2.89. The van der Waals surface area contributed by atoms with E-state index in [0.717, 1.165) is 5.56 Å². The zero-order valence-corrected chi connectivity index (χ0v) is 11.6. The van der Waals surface area contributed by atoms with Crippen LogP contribution in [-0.4, -0.2) is 16.2 Å². The van der Waals surface area contributed by atoms with Gasteiger partial charge in [-0.25, -0.2) is 5.43 Å². The summed E-state index contributed by atoms with van der Waals surface area (Å²) in [5.74, 6) is -0.363. The summed E-state index contributed by atoms with van der Waals surface area (Å²) in [5.41, 5.74) is 9.99. The van der Waals surface area contributed by atoms with Gasteiger partial charge in [0.15, 0.2) is 0 Å². The molecule has 0 unspecified atom stereocenters. The van der Waals surface area contributed by atoms with Crippen LogP contribution in [0.15, 0.2) is 58.6 Å². The molecule has 6 nitrogen and oxygen atoms in total. The number of nitrogens with two attached hydrogens (primary N) is 1. The normalized spacial score (nSPS) is 11.2. The van der Waals surface area contributed by atoms with Crippen molar-refractivity contribution in [3.63, 3.8) is 0 Å². The van der Waals surface area contributed by atoms with Gasteiger partial charge in [0, 0.05) is 18.0 Å². The third-order valence-corrected chi connectivity index (χ3v) is 2.89. The maximum atomic E-state index is 11.8. The first-order chi connectivity index (χ1) is 10.1. The van der Waals surface area contributed by atoms with E-state index in [4.69, 9.17) is 5.73 Å². The van der Waals surface area contributed by atoms with E-state index in [1.165, 1.54) is 10.6 Å². The predicted molar refractivity (Wildman–Crippen MR) is 81.9 cm³/mol. The average molecular weight is 284 g/mol. The summed E-state index contributed by atoms with van der Waals surface area (Å²) in [6.07, 6.45) is 1.55. The molecule has 0 atom stereocenters. The first kappa shape index (κ1) is 14.5. The second-order valence-electron chi connectivity index (χ2n) is 4.52. The van der Waals surface area contributed by atoms with E-state index in [-0.39, 0.29) is 18.0 Å². The molecule has 0 saturated carbocycles. The fraction of sp³-hybridized carbons (Fsp3) is 0.133. The molecule has 3 N–H and O–H groups in total. The Morgan fingerprint density at radius 1 is 1.24 bits per heavy atom. The average Bonchev–Trinajstić information content (AvgIpc) is 2.48. The van der Waals surface area contributed by atoms with Crippen molar-refractivity contribution in [3.8, 4) is 0 Å². The lowest BCUT2D eigenvalue weighted by Crippen LogP contribution is -2.29. The standard InChI is InChI=1S/C15H16N4O2/c1-11(12-5-7-13(16)8-6-12)17-18-14(20)10-19-9-3-2-4-15(19)21/h2-9H,10,16H2,1H3,(H,18,20)/b17-11-. The molecule has 2 rings (SSSR count). The van der Waals surface area contributed by atoms with Crippen LogP contribution in [0.5, 0.6) is 0 Å². The minimum atomic E-state index is -0.363. The zero-order chi connectivity index (χ0) is 15.2. The minimum absolute atomic E-state index is 0.0712. The van der Waals surface area contributed by atoms with E-state index in [2.05, 4.69) is 10.5 Å². The van der Waals surface area contributed by atoms with Gasteiger partial charge in [0.2, 0.25) is 0 Å². The van der Waals surface area contributed by atoms with Gasteiger partial charge in [-0.1, -0.05) is 18.2 Å². The Balaban J connectivity index is 2.00. The van der Waals surface area contributed by atoms with Gasteiger partial charge < -0.3 is 10.3 Å². The van der Waals surface area contributed by atoms with E-state index in [9.17, 15) is 9.59 Å². The summed E-state index contributed by atoms with van der Waals surface area (Å²) in [6.45, 7) is 1.71. The van der Waals surface area contributed by atoms with E-state index in [1.807, 2.05) is 12.1 Å². The van der Waals surface area contributed by atoms with Gasteiger partial charge in [-0.15, -0.1) is 0 Å². The number of hydrogen-bond acceptors (Lipinski definition) is 4. The van der Waals surface area contributed by atoms with Crippen molar-refractivity contribution in [2.45, 2.75) is 13.5 Å². The highest BCUT2D eigenvalue weighted by Crippen LogP contribution is 2.06. The Hall–Kier alpha value is -2.89. The van der Waals surface area contributed by atoms with Crippen LogP contribution in [0, 0.1) is 0 Å². The maximum Gasteiger partial charge on any atom is 0.260 e. The van der Waals surface area contributed by atoms with E-state index >= 15 is 0 Å². The second-order valence-corrected chi connectivity index (χ2v) is 4.52. The predicted octanol–water partition coefficient (Wildman–Crippen LogP) is 0.971. The lowest BCUT2D eigenvalue weighted by Gasteiger charge is -2.05. The van der Waals surface area contributed by atoms with Crippen molar-refractivity contribution in [1.29, 1.82) is 0 Å². The Labute approximate surface area is 121 Å². The number of anilines is 1. The molecule has 0 aliphatic rings. The minimum Gasteiger partial charge on any atom is -0.399 e. The lowest BCUT2D eigenvalue weighted by atomic mass is 10.1. The van der Waals surface area contributed by atoms with Gasteiger partial charge in [-0.3, -0.25) is 9.59 Å². The van der Waals surface area contributed by atoms with Gasteiger partial charge in [0.05, 0.1) is 5.71 Å². The third kappa shape index (κ3) is 4.04. The first-order valence-electron chi connectivity index (χ1n) is 6.41. The van der Waals surface area contributed by atoms with Crippen LogP contribution in [0.2, 0.25) is 0 Å². The molecule has 1 aromatic carbocycles. The number of carbonyl (C=O) groups excluding carboxylic acids is 1. The molecule has 0 aliphatic carbocycles. The topological polar surface area (TPSA) is 89.5 Å². The van der Waals surface area contributed by atoms with E-state index in [1.54, 1.807) is 37.4 Å². The number of benzene rings is 1. The van der Waals surface area contributed by atoms with Crippen molar-refractivity contribution in [2.75, 3.05) is 5.73 Å². The van der Waals surface area contributed by atoms with Crippen molar-refractivity contribution in [1.82, 2.24) is 9.99 Å². The Kier molecular flexibility index (Phi) is 4.50. The Morgan fingerprint density at radius 3 is 2.62 bits per heavy atom. The number of carbonyl (C=O) groups is 1. The number of amides is 1. The molecule has 0 fully saturated rings. The van der Waals surface area contributed by atoms with Crippen LogP contribution in [-0.2, 0) is 11.3 Å². The number of nitrogen functional groups attached to an aromatic ring is 1. The first-order valence-corrected chi connectivity index (χ1v) is 6.41. The molecule has 108 valence electrons. The SMILES string of the molecule is C/C(=N/NC(=O)Cn1ccccc1=O)c1ccc(N)cc1. The zero-order valence-electron chi connectivity index (χ0n) is 11.6. The molecule has 1 heterocycles. The lowest BCUT2D eigenvalue weighted by molar-refractivity contribution is -0.121. The van der Waals surface area contributed by atoms with Crippen molar-refractivity contribution in [2.24, 2.45) is 5.10 Å². The van der Waals surface area contributed by atoms with E-state index in [0.29, 0.717) is 11.4 Å². The molecule has 0 saturated heterocycles. The van der Waals surface area contributed by atoms with Crippen molar-refractivity contribution in [3.05, 3.63) is 64.6 Å². The fourth-order valence-electron chi connectivity index (χ4n) is 1.72. The maximum absolute atomic E-state index is 11.8. The number of pyridine rings is 1. The number of hydrogen-bond donors (Lipinski definition) is 2. The van der Waals surface area contributed by atoms with Crippen LogP contribution >= 0.6 is 0 Å². The molecule has 0 radical (unpaired) electrons. The van der Waals surface area contributed by atoms with Crippen LogP contribution in [0.3, 0.4) is 0 Å². The van der Waals surface area contributed by atoms with Crippen LogP contribution in [0.4, 0.5) is 5.69 Å². The number of rotatable bonds is 4. The summed E-state index contributed by atoms with van der Waals surface area (Å²) >= 11 is 0. The molecule has 1 amide bonds. The van der Waals surface area contributed by atoms with Gasteiger partial charge in [0.25, 0.3) is 11.5 Å². The highest BCUT2D eigenvalue weighted by molar-refractivity contribution is 5.99. The fourth-order valence-corrected chi connectivity index (χ4v) is 1.72. The Morgan fingerprint density at radius 2 is 1.95 bits per heavy atom. The molecular formula is C15H16N4O2. The number of hydrazone groups is 1. The molecule has 1 aromatic heterocycles. The van der Waals surface area contributed by atoms with E-state index < -0.39 is 0 Å². The summed E-state index contributed by atoms with van der Waals surface area (Å²) in [6, 6.07) is 11.9. The smallest absolute Gasteiger partial charge is 0.260 e. The summed E-state index contributed by atoms with van der Waals surface area (Å²) in [4.78, 5) is 23.2. The molecular weight excluding hydrogens is 268 g/mol. The van der Waals surface area contributed by atoms with Gasteiger partial charge in [-0.2, -0.15) is 5.10 Å². The summed E-state index contributed by atoms with van der Waals surface area (Å²) in [7, 11) is 0. The van der Waals surface area contributed by atoms with Crippen LogP contribution in [0.25, 0.3) is 0 Å². The van der Waals surface area contributed by atoms with Crippen LogP contribution in [0.1, 0.15) is 12.5 Å². The largest absolute Gasteiger partial charge is 0.399 e. The van der Waals surface area contributed by atoms with Crippen molar-refractivity contribution < 1.29 is 4.79 Å². The van der Waals surface area contributed by atoms with Crippen LogP contribution < -0.4 is 16.7 Å². The Bertz CT molecular complexity index is 717. The molecule has 0 spiro atoms. The number of aromatic nitrogens is 1. The molecule has 21 heavy (non-hydrogen) atoms. The molecule has 2 aromatic rings. The molecule has 0 aliphatic heterocycles. The number of nitrogens with one attached hydrogen (secondary N) is 1. The monoisotopic (exact) mass is 284 g/mol. The highest BCUT2D eigenvalue weighted by atomic mass is 16.2. The van der Waals surface area contributed by atoms with Crippen molar-refractivity contribution >= 4 is 17.3 Å². The van der Waals surface area contributed by atoms with Gasteiger partial charge >= 0.3 is 0 Å². The summed E-state index contributed by atoms with van der Waals surface area (Å²) in [5, 5.41) is 4.01. The highest BCUT2D eigenvalue weighted by Gasteiger charge is 2.03. The quantitative estimate of drug-likeness (QED) is 0.498. The summed E-state index contributed by atoms with van der Waals surface area (Å²) < 4.78 is 1.31. The molecule has 6 heteroatoms. The second kappa shape index (κ2) is 6.51. The molecule has 0 bridgehead atoms. The van der Waals surface area contributed by atoms with Gasteiger partial charge in [0.1, 0.15) is 6.54 Å². The number of nitrogens with zero attached hydrogens (tertiary/aromatic N) is 2. The van der Waals surface area contributed by atoms with Gasteiger partial charge in [-0.05, 0) is 30.7 Å².